The Morgan fingerprint density at radius 3 is 1.61 bits per heavy atom. The molecule has 0 saturated heterocycles. The Hall–Kier alpha value is -3.52. The summed E-state index contributed by atoms with van der Waals surface area (Å²) in [6, 6.07) is 27.4. The highest BCUT2D eigenvalue weighted by molar-refractivity contribution is 6.29. The lowest BCUT2D eigenvalue weighted by Crippen LogP contribution is -2.05. The van der Waals surface area contributed by atoms with E-state index in [1.807, 2.05) is 24.3 Å². The van der Waals surface area contributed by atoms with Crippen LogP contribution in [0.3, 0.4) is 0 Å². The van der Waals surface area contributed by atoms with Gasteiger partial charge in [-0.15, -0.1) is 0 Å². The van der Waals surface area contributed by atoms with Gasteiger partial charge in [-0.2, -0.15) is 0 Å². The van der Waals surface area contributed by atoms with Gasteiger partial charge in [0.15, 0.2) is 0 Å². The molecule has 0 unspecified atom stereocenters. The summed E-state index contributed by atoms with van der Waals surface area (Å²) in [6.45, 7) is 4.14. The van der Waals surface area contributed by atoms with Gasteiger partial charge in [-0.3, -0.25) is 9.98 Å². The summed E-state index contributed by atoms with van der Waals surface area (Å²) in [4.78, 5) is 9.72. The van der Waals surface area contributed by atoms with Crippen LogP contribution in [0.5, 0.6) is 0 Å². The third-order valence-electron chi connectivity index (χ3n) is 5.34. The molecular formula is C26H20N2. The van der Waals surface area contributed by atoms with Crippen molar-refractivity contribution in [3.8, 4) is 0 Å². The van der Waals surface area contributed by atoms with Gasteiger partial charge in [0.05, 0.1) is 11.4 Å². The molecule has 0 fully saturated rings. The predicted octanol–water partition coefficient (Wildman–Crippen LogP) is 7.28. The maximum atomic E-state index is 4.86. The predicted molar refractivity (Wildman–Crippen MR) is 121 cm³/mol. The molecule has 134 valence electrons. The summed E-state index contributed by atoms with van der Waals surface area (Å²) in [5, 5.41) is 4.98. The molecule has 0 N–H and O–H groups in total. The maximum absolute atomic E-state index is 4.86. The zero-order valence-corrected chi connectivity index (χ0v) is 16.0. The molecule has 1 aliphatic rings. The van der Waals surface area contributed by atoms with Crippen molar-refractivity contribution in [3.63, 3.8) is 0 Å². The number of nitrogens with zero attached hydrogens (tertiary/aromatic N) is 2. The smallest absolute Gasteiger partial charge is 0.0889 e. The van der Waals surface area contributed by atoms with E-state index in [4.69, 9.17) is 9.98 Å². The molecule has 0 aromatic heterocycles. The van der Waals surface area contributed by atoms with E-state index >= 15 is 0 Å². The quantitative estimate of drug-likeness (QED) is 0.319. The van der Waals surface area contributed by atoms with Crippen molar-refractivity contribution in [2.75, 3.05) is 0 Å². The van der Waals surface area contributed by atoms with Crippen LogP contribution in [0, 0.1) is 0 Å². The second-order valence-electron chi connectivity index (χ2n) is 7.17. The van der Waals surface area contributed by atoms with E-state index in [9.17, 15) is 0 Å². The Morgan fingerprint density at radius 1 is 0.607 bits per heavy atom. The molecule has 4 aromatic carbocycles. The maximum Gasteiger partial charge on any atom is 0.0889 e. The van der Waals surface area contributed by atoms with E-state index in [0.29, 0.717) is 0 Å². The Bertz CT molecular complexity index is 1230. The Morgan fingerprint density at radius 2 is 1.07 bits per heavy atom. The molecule has 0 atom stereocenters. The number of hydrogen-bond acceptors (Lipinski definition) is 2. The lowest BCUT2D eigenvalue weighted by atomic mass is 9.93. The first-order valence-corrected chi connectivity index (χ1v) is 9.53. The number of hydrogen-bond donors (Lipinski definition) is 0. The van der Waals surface area contributed by atoms with E-state index in [-0.39, 0.29) is 0 Å². The molecule has 2 nitrogen and oxygen atoms in total. The average Bonchev–Trinajstić information content (AvgIpc) is 2.83. The van der Waals surface area contributed by atoms with Gasteiger partial charge in [-0.1, -0.05) is 60.7 Å². The summed E-state index contributed by atoms with van der Waals surface area (Å²) in [5.74, 6) is 0. The molecule has 4 aromatic rings. The minimum atomic E-state index is 0.922. The van der Waals surface area contributed by atoms with Crippen molar-refractivity contribution in [2.45, 2.75) is 13.8 Å². The molecule has 1 aliphatic heterocycles. The van der Waals surface area contributed by atoms with Gasteiger partial charge in [0.2, 0.25) is 0 Å². The Balaban J connectivity index is 1.82. The molecule has 0 aliphatic carbocycles. The third-order valence-corrected chi connectivity index (χ3v) is 5.34. The monoisotopic (exact) mass is 360 g/mol. The summed E-state index contributed by atoms with van der Waals surface area (Å²) in [5.41, 5.74) is 6.12. The van der Waals surface area contributed by atoms with Crippen LogP contribution in [0.2, 0.25) is 0 Å². The van der Waals surface area contributed by atoms with Crippen molar-refractivity contribution >= 4 is 50.4 Å². The molecule has 0 saturated carbocycles. The van der Waals surface area contributed by atoms with E-state index in [2.05, 4.69) is 74.5 Å². The summed E-state index contributed by atoms with van der Waals surface area (Å²) >= 11 is 0. The number of rotatable bonds is 1. The summed E-state index contributed by atoms with van der Waals surface area (Å²) < 4.78 is 0. The van der Waals surface area contributed by atoms with E-state index < -0.39 is 0 Å². The summed E-state index contributed by atoms with van der Waals surface area (Å²) in [7, 11) is 0. The molecule has 2 heteroatoms. The van der Waals surface area contributed by atoms with Gasteiger partial charge in [-0.25, -0.2) is 0 Å². The van der Waals surface area contributed by atoms with Gasteiger partial charge in [0, 0.05) is 17.0 Å². The lowest BCUT2D eigenvalue weighted by Gasteiger charge is -2.11. The van der Waals surface area contributed by atoms with Gasteiger partial charge in [-0.05, 0) is 65.2 Å². The zero-order chi connectivity index (χ0) is 19.1. The van der Waals surface area contributed by atoms with Gasteiger partial charge < -0.3 is 0 Å². The average molecular weight is 360 g/mol. The van der Waals surface area contributed by atoms with Crippen LogP contribution in [0.1, 0.15) is 19.4 Å². The fourth-order valence-corrected chi connectivity index (χ4v) is 3.95. The number of allylic oxidation sites excluding steroid dienone is 1. The first-order chi connectivity index (χ1) is 13.7. The standard InChI is InChI=1S/C26H20N2/c1-17-23(18(2)28-26-14-8-7-13-25(26)27-17)16-24-21-11-5-3-9-19(21)15-20-10-4-6-12-22(20)24/h3-16H,1-2H3. The molecule has 0 radical (unpaired) electrons. The SMILES string of the molecule is CC1=Nc2ccccc2N=C(C)C1=Cc1c2ccccc2cc2ccccc12. The van der Waals surface area contributed by atoms with Crippen molar-refractivity contribution in [2.24, 2.45) is 9.98 Å². The highest BCUT2D eigenvalue weighted by atomic mass is 14.9. The number of fused-ring (bicyclic) bond motifs is 3. The Kier molecular flexibility index (Phi) is 3.91. The molecular weight excluding hydrogens is 340 g/mol. The fourth-order valence-electron chi connectivity index (χ4n) is 3.95. The highest BCUT2D eigenvalue weighted by Crippen LogP contribution is 2.34. The van der Waals surface area contributed by atoms with Gasteiger partial charge in [0.25, 0.3) is 0 Å². The highest BCUT2D eigenvalue weighted by Gasteiger charge is 2.15. The molecule has 5 rings (SSSR count). The van der Waals surface area contributed by atoms with Crippen molar-refractivity contribution in [1.29, 1.82) is 0 Å². The second kappa shape index (κ2) is 6.58. The molecule has 28 heavy (non-hydrogen) atoms. The van der Waals surface area contributed by atoms with E-state index in [0.717, 1.165) is 28.4 Å². The van der Waals surface area contributed by atoms with Gasteiger partial charge >= 0.3 is 0 Å². The number of para-hydroxylation sites is 2. The minimum absolute atomic E-state index is 0.922. The lowest BCUT2D eigenvalue weighted by molar-refractivity contribution is 1.45. The largest absolute Gasteiger partial charge is 0.251 e. The molecule has 0 spiro atoms. The first-order valence-electron chi connectivity index (χ1n) is 9.53. The normalized spacial score (nSPS) is 13.7. The minimum Gasteiger partial charge on any atom is -0.251 e. The Labute approximate surface area is 164 Å². The number of aliphatic imine (C=N–C) groups is 2. The molecule has 0 amide bonds. The third kappa shape index (κ3) is 2.74. The van der Waals surface area contributed by atoms with Crippen LogP contribution in [-0.4, -0.2) is 11.4 Å². The van der Waals surface area contributed by atoms with Crippen LogP contribution in [-0.2, 0) is 0 Å². The fraction of sp³-hybridized carbons (Fsp3) is 0.0769. The molecule has 0 bridgehead atoms. The van der Waals surface area contributed by atoms with Gasteiger partial charge in [0.1, 0.15) is 0 Å². The molecule has 1 heterocycles. The first kappa shape index (κ1) is 16.6. The van der Waals surface area contributed by atoms with E-state index in [1.165, 1.54) is 27.1 Å². The number of benzene rings is 4. The van der Waals surface area contributed by atoms with Crippen molar-refractivity contribution < 1.29 is 0 Å². The van der Waals surface area contributed by atoms with Crippen LogP contribution < -0.4 is 0 Å². The van der Waals surface area contributed by atoms with Crippen LogP contribution >= 0.6 is 0 Å². The van der Waals surface area contributed by atoms with Crippen molar-refractivity contribution in [1.82, 2.24) is 0 Å². The second-order valence-corrected chi connectivity index (χ2v) is 7.17. The van der Waals surface area contributed by atoms with Crippen LogP contribution in [0.4, 0.5) is 11.4 Å². The topological polar surface area (TPSA) is 24.7 Å². The zero-order valence-electron chi connectivity index (χ0n) is 16.0. The van der Waals surface area contributed by atoms with Crippen LogP contribution in [0.25, 0.3) is 27.6 Å². The van der Waals surface area contributed by atoms with E-state index in [1.54, 1.807) is 0 Å². The van der Waals surface area contributed by atoms with Crippen molar-refractivity contribution in [3.05, 3.63) is 90.0 Å². The van der Waals surface area contributed by atoms with Crippen LogP contribution in [0.15, 0.2) is 94.4 Å². The summed E-state index contributed by atoms with van der Waals surface area (Å²) in [6.07, 6.45) is 2.26.